The molecule has 0 saturated carbocycles. The molecule has 0 amide bonds. The van der Waals surface area contributed by atoms with Crippen LogP contribution in [0.5, 0.6) is 0 Å². The number of hydrogen-bond acceptors (Lipinski definition) is 17. The van der Waals surface area contributed by atoms with Crippen molar-refractivity contribution in [3.05, 3.63) is 41.9 Å². The van der Waals surface area contributed by atoms with Crippen molar-refractivity contribution < 1.29 is 16.8 Å². The number of rotatable bonds is 9. The molecule has 0 atom stereocenters. The Bertz CT molecular complexity index is 2160. The van der Waals surface area contributed by atoms with E-state index in [0.717, 1.165) is 104 Å². The number of piperidine rings is 4. The second kappa shape index (κ2) is 18.5. The van der Waals surface area contributed by atoms with Crippen molar-refractivity contribution in [1.29, 1.82) is 0 Å². The van der Waals surface area contributed by atoms with E-state index in [4.69, 9.17) is 11.6 Å². The average Bonchev–Trinajstić information content (AvgIpc) is 3.91. The van der Waals surface area contributed by atoms with Gasteiger partial charge in [-0.15, -0.1) is 0 Å². The zero-order valence-corrected chi connectivity index (χ0v) is 37.7. The van der Waals surface area contributed by atoms with Gasteiger partial charge in [0.15, 0.2) is 29.7 Å². The number of halogens is 1. The van der Waals surface area contributed by atoms with E-state index in [-0.39, 0.29) is 10.1 Å². The first-order valence-electron chi connectivity index (χ1n) is 20.0. The van der Waals surface area contributed by atoms with Crippen LogP contribution in [-0.4, -0.2) is 124 Å². The van der Waals surface area contributed by atoms with Crippen LogP contribution in [0.15, 0.2) is 46.7 Å². The third-order valence-corrected chi connectivity index (χ3v) is 16.0. The first kappa shape index (κ1) is 42.7. The molecule has 0 aliphatic carbocycles. The summed E-state index contributed by atoms with van der Waals surface area (Å²) in [5.74, 6) is 3.84. The molecule has 20 heteroatoms. The fourth-order valence-electron chi connectivity index (χ4n) is 8.78. The molecule has 0 aromatic carbocycles. The van der Waals surface area contributed by atoms with E-state index in [0.29, 0.717) is 5.28 Å². The molecular weight excluding hydrogens is 838 g/mol. The second-order valence-electron chi connectivity index (χ2n) is 16.2. The Balaban J connectivity index is 0.000000177. The molecule has 4 fully saturated rings. The molecule has 4 aromatic rings. The monoisotopic (exact) mass is 891 g/mol. The predicted octanol–water partition coefficient (Wildman–Crippen LogP) is 5.66. The smallest absolute Gasteiger partial charge is 0.238 e. The molecule has 4 saturated heterocycles. The van der Waals surface area contributed by atoms with Gasteiger partial charge in [0.2, 0.25) is 21.5 Å². The van der Waals surface area contributed by atoms with Gasteiger partial charge in [-0.05, 0) is 111 Å². The van der Waals surface area contributed by atoms with Crippen LogP contribution in [-0.2, 0) is 19.7 Å². The van der Waals surface area contributed by atoms with E-state index in [1.165, 1.54) is 86.9 Å². The first-order chi connectivity index (χ1) is 27.7. The zero-order chi connectivity index (χ0) is 41.0. The summed E-state index contributed by atoms with van der Waals surface area (Å²) in [5, 5.41) is 2.59. The lowest BCUT2D eigenvalue weighted by Gasteiger charge is -2.40. The largest absolute Gasteiger partial charge is 0.370 e. The highest BCUT2D eigenvalue weighted by Crippen LogP contribution is 2.37. The standard InChI is InChI=1S/C20H30N6O2S2.C18H24ClN5O2S2/c1-24(2)19-22-20(29-23-19)26-12-8-16(9-13-26)15-6-10-25(11-7-15)17-4-5-18(21-14-17)30(3,27)28;1-28(25,26)16-3-2-15(12-20-16)23-8-4-13(5-9-23)14-6-10-24(11-7-14)18-21-17(19)22-27-18/h4-5,14-16H,6-13H2,1-3H3;2-3,12-14H,4-11H2,1H3. The van der Waals surface area contributed by atoms with Gasteiger partial charge >= 0.3 is 0 Å². The van der Waals surface area contributed by atoms with Crippen LogP contribution in [0.2, 0.25) is 5.28 Å². The highest BCUT2D eigenvalue weighted by Gasteiger charge is 2.32. The predicted molar refractivity (Wildman–Crippen MR) is 234 cm³/mol. The summed E-state index contributed by atoms with van der Waals surface area (Å²) in [4.78, 5) is 28.5. The molecule has 8 heterocycles. The second-order valence-corrected chi connectivity index (χ2v) is 21.9. The normalized spacial score (nSPS) is 19.6. The summed E-state index contributed by atoms with van der Waals surface area (Å²) in [6.45, 7) is 8.17. The maximum atomic E-state index is 11.6. The van der Waals surface area contributed by atoms with Crippen LogP contribution in [0.3, 0.4) is 0 Å². The minimum atomic E-state index is -3.25. The fraction of sp³-hybridized carbons (Fsp3) is 0.632. The van der Waals surface area contributed by atoms with Crippen molar-refractivity contribution in [2.45, 2.75) is 61.4 Å². The van der Waals surface area contributed by atoms with E-state index < -0.39 is 19.7 Å². The molecule has 15 nitrogen and oxygen atoms in total. The number of anilines is 5. The zero-order valence-electron chi connectivity index (χ0n) is 33.7. The highest BCUT2D eigenvalue weighted by atomic mass is 35.5. The Morgan fingerprint density at radius 2 is 0.931 bits per heavy atom. The molecule has 4 aliphatic rings. The third kappa shape index (κ3) is 10.7. The van der Waals surface area contributed by atoms with Crippen LogP contribution in [0, 0.1) is 23.7 Å². The molecule has 0 N–H and O–H groups in total. The van der Waals surface area contributed by atoms with Crippen molar-refractivity contribution in [3.8, 4) is 0 Å². The maximum absolute atomic E-state index is 11.6. The lowest BCUT2D eigenvalue weighted by molar-refractivity contribution is 0.233. The quantitative estimate of drug-likeness (QED) is 0.202. The lowest BCUT2D eigenvalue weighted by atomic mass is 9.79. The number of sulfone groups is 2. The Hall–Kier alpha value is -3.39. The summed E-state index contributed by atoms with van der Waals surface area (Å²) in [6.07, 6.45) is 15.3. The minimum Gasteiger partial charge on any atom is -0.370 e. The Kier molecular flexibility index (Phi) is 13.6. The van der Waals surface area contributed by atoms with Crippen LogP contribution < -0.4 is 24.5 Å². The van der Waals surface area contributed by atoms with Gasteiger partial charge in [-0.3, -0.25) is 0 Å². The first-order valence-corrected chi connectivity index (χ1v) is 25.7. The van der Waals surface area contributed by atoms with E-state index in [9.17, 15) is 16.8 Å². The van der Waals surface area contributed by atoms with Gasteiger partial charge in [-0.25, -0.2) is 26.8 Å². The van der Waals surface area contributed by atoms with E-state index in [1.807, 2.05) is 31.1 Å². The fourth-order valence-corrected chi connectivity index (χ4v) is 11.5. The van der Waals surface area contributed by atoms with E-state index >= 15 is 0 Å². The van der Waals surface area contributed by atoms with Gasteiger partial charge in [0, 0.05) is 102 Å². The number of pyridine rings is 2. The molecule has 4 aromatic heterocycles. The van der Waals surface area contributed by atoms with Gasteiger partial charge in [0.05, 0.1) is 23.8 Å². The molecule has 4 aliphatic heterocycles. The third-order valence-electron chi connectivity index (χ3n) is 12.2. The van der Waals surface area contributed by atoms with Gasteiger partial charge in [-0.1, -0.05) is 0 Å². The van der Waals surface area contributed by atoms with Gasteiger partial charge in [-0.2, -0.15) is 18.7 Å². The summed E-state index contributed by atoms with van der Waals surface area (Å²) < 4.78 is 54.8. The molecular formula is C38H54ClN11O4S4. The molecule has 316 valence electrons. The number of nitrogens with zero attached hydrogens (tertiary/aromatic N) is 11. The van der Waals surface area contributed by atoms with E-state index in [1.54, 1.807) is 24.5 Å². The molecule has 0 bridgehead atoms. The Labute approximate surface area is 356 Å². The van der Waals surface area contributed by atoms with Crippen molar-refractivity contribution in [2.75, 3.05) is 103 Å². The van der Waals surface area contributed by atoms with Gasteiger partial charge < -0.3 is 24.5 Å². The van der Waals surface area contributed by atoms with Crippen molar-refractivity contribution >= 4 is 81.9 Å². The van der Waals surface area contributed by atoms with Crippen LogP contribution in [0.25, 0.3) is 0 Å². The van der Waals surface area contributed by atoms with Gasteiger partial charge in [0.1, 0.15) is 0 Å². The molecule has 0 unspecified atom stereocenters. The summed E-state index contributed by atoms with van der Waals surface area (Å²) in [5.41, 5.74) is 2.03. The SMILES string of the molecule is CN(C)c1nsc(N2CCC(C3CCN(c4ccc(S(C)(=O)=O)nc4)CC3)CC2)n1.CS(=O)(=O)c1ccc(N2CCC(C3CCN(c4nc(Cl)ns4)CC3)CC2)cn1. The molecule has 0 radical (unpaired) electrons. The summed E-state index contributed by atoms with van der Waals surface area (Å²) in [6, 6.07) is 6.97. The Morgan fingerprint density at radius 3 is 1.22 bits per heavy atom. The van der Waals surface area contributed by atoms with Crippen LogP contribution >= 0.6 is 34.7 Å². The lowest BCUT2D eigenvalue weighted by Crippen LogP contribution is -2.41. The molecule has 58 heavy (non-hydrogen) atoms. The Morgan fingerprint density at radius 1 is 0.569 bits per heavy atom. The molecule has 0 spiro atoms. The summed E-state index contributed by atoms with van der Waals surface area (Å²) in [7, 11) is -2.54. The number of hydrogen-bond donors (Lipinski definition) is 0. The minimum absolute atomic E-state index is 0.134. The van der Waals surface area contributed by atoms with Gasteiger partial charge in [0.25, 0.3) is 0 Å². The maximum Gasteiger partial charge on any atom is 0.238 e. The topological polar surface area (TPSA) is 162 Å². The highest BCUT2D eigenvalue weighted by molar-refractivity contribution is 7.90. The van der Waals surface area contributed by atoms with Crippen molar-refractivity contribution in [2.24, 2.45) is 23.7 Å². The van der Waals surface area contributed by atoms with Crippen LogP contribution in [0.1, 0.15) is 51.4 Å². The molecule has 8 rings (SSSR count). The average molecular weight is 893 g/mol. The summed E-state index contributed by atoms with van der Waals surface area (Å²) >= 11 is 8.72. The van der Waals surface area contributed by atoms with E-state index in [2.05, 4.69) is 48.3 Å². The van der Waals surface area contributed by atoms with Crippen molar-refractivity contribution in [3.63, 3.8) is 0 Å². The van der Waals surface area contributed by atoms with Crippen molar-refractivity contribution in [1.82, 2.24) is 28.7 Å². The van der Waals surface area contributed by atoms with Crippen LogP contribution in [0.4, 0.5) is 27.6 Å². The number of aromatic nitrogens is 6.